The molecular formula is C13H15ClN4. The Morgan fingerprint density at radius 2 is 1.78 bits per heavy atom. The summed E-state index contributed by atoms with van der Waals surface area (Å²) in [5, 5.41) is 3.95. The Hall–Kier alpha value is -1.94. The Kier molecular flexibility index (Phi) is 3.89. The first kappa shape index (κ1) is 12.5. The fourth-order valence-corrected chi connectivity index (χ4v) is 1.70. The van der Waals surface area contributed by atoms with Crippen LogP contribution in [-0.4, -0.2) is 11.5 Å². The van der Waals surface area contributed by atoms with E-state index in [0.29, 0.717) is 11.5 Å². The molecule has 0 aliphatic heterocycles. The van der Waals surface area contributed by atoms with Crippen LogP contribution in [0.15, 0.2) is 36.4 Å². The molecule has 0 fully saturated rings. The third-order valence-corrected chi connectivity index (χ3v) is 2.84. The fraction of sp³-hybridized carbons (Fsp3) is 0.154. The van der Waals surface area contributed by atoms with Gasteiger partial charge in [0.2, 0.25) is 0 Å². The summed E-state index contributed by atoms with van der Waals surface area (Å²) < 4.78 is 0. The topological polar surface area (TPSA) is 77.0 Å². The average molecular weight is 263 g/mol. The van der Waals surface area contributed by atoms with Gasteiger partial charge in [0.05, 0.1) is 5.69 Å². The zero-order chi connectivity index (χ0) is 13.0. The van der Waals surface area contributed by atoms with Crippen molar-refractivity contribution in [3.05, 3.63) is 47.0 Å². The quantitative estimate of drug-likeness (QED) is 0.791. The summed E-state index contributed by atoms with van der Waals surface area (Å²) in [6.07, 6.45) is 0.892. The molecule has 0 atom stereocenters. The maximum absolute atomic E-state index is 5.82. The summed E-state index contributed by atoms with van der Waals surface area (Å²) in [4.78, 5) is 4.14. The number of hydrogen-bond donors (Lipinski definition) is 3. The normalized spacial score (nSPS) is 10.3. The van der Waals surface area contributed by atoms with E-state index in [1.165, 1.54) is 5.56 Å². The monoisotopic (exact) mass is 262 g/mol. The van der Waals surface area contributed by atoms with Crippen molar-refractivity contribution in [3.8, 4) is 0 Å². The largest absolute Gasteiger partial charge is 0.396 e. The molecule has 0 bridgehead atoms. The summed E-state index contributed by atoms with van der Waals surface area (Å²) in [5.74, 6) is 1.09. The molecule has 0 saturated heterocycles. The van der Waals surface area contributed by atoms with Crippen LogP contribution in [0.1, 0.15) is 5.56 Å². The minimum atomic E-state index is 0.353. The second-order valence-corrected chi connectivity index (χ2v) is 4.41. The van der Waals surface area contributed by atoms with Gasteiger partial charge in [0.15, 0.2) is 0 Å². The van der Waals surface area contributed by atoms with Gasteiger partial charge in [0, 0.05) is 11.6 Å². The molecule has 94 valence electrons. The van der Waals surface area contributed by atoms with E-state index in [1.54, 1.807) is 6.07 Å². The van der Waals surface area contributed by atoms with E-state index in [0.717, 1.165) is 23.8 Å². The summed E-state index contributed by atoms with van der Waals surface area (Å²) in [6, 6.07) is 11.3. The van der Waals surface area contributed by atoms with Crippen LogP contribution in [0.25, 0.3) is 0 Å². The van der Waals surface area contributed by atoms with Gasteiger partial charge in [0.25, 0.3) is 0 Å². The van der Waals surface area contributed by atoms with E-state index in [-0.39, 0.29) is 0 Å². The van der Waals surface area contributed by atoms with Crippen molar-refractivity contribution in [2.45, 2.75) is 6.42 Å². The number of halogens is 1. The van der Waals surface area contributed by atoms with Crippen molar-refractivity contribution in [3.63, 3.8) is 0 Å². The van der Waals surface area contributed by atoms with Gasteiger partial charge in [-0.1, -0.05) is 23.7 Å². The number of nitrogens with zero attached hydrogens (tertiary/aromatic N) is 1. The van der Waals surface area contributed by atoms with Crippen molar-refractivity contribution >= 4 is 28.9 Å². The van der Waals surface area contributed by atoms with E-state index >= 15 is 0 Å². The van der Waals surface area contributed by atoms with Crippen LogP contribution < -0.4 is 16.8 Å². The number of hydrogen-bond acceptors (Lipinski definition) is 4. The molecule has 0 aliphatic carbocycles. The smallest absolute Gasteiger partial charge is 0.149 e. The predicted molar refractivity (Wildman–Crippen MR) is 76.7 cm³/mol. The molecule has 5 N–H and O–H groups in total. The molecule has 4 nitrogen and oxygen atoms in total. The van der Waals surface area contributed by atoms with Crippen LogP contribution in [0.3, 0.4) is 0 Å². The molecule has 0 unspecified atom stereocenters. The average Bonchev–Trinajstić information content (AvgIpc) is 2.36. The highest BCUT2D eigenvalue weighted by atomic mass is 35.5. The van der Waals surface area contributed by atoms with Gasteiger partial charge in [-0.2, -0.15) is 0 Å². The number of nitrogens with one attached hydrogen (secondary N) is 1. The van der Waals surface area contributed by atoms with Crippen molar-refractivity contribution in [1.82, 2.24) is 4.98 Å². The summed E-state index contributed by atoms with van der Waals surface area (Å²) in [6.45, 7) is 0.776. The molecule has 1 aromatic carbocycles. The Bertz CT molecular complexity index is 525. The maximum atomic E-state index is 5.82. The van der Waals surface area contributed by atoms with E-state index in [9.17, 15) is 0 Å². The second-order valence-electron chi connectivity index (χ2n) is 3.97. The van der Waals surface area contributed by atoms with Crippen LogP contribution in [-0.2, 0) is 6.42 Å². The molecule has 0 aliphatic rings. The highest BCUT2D eigenvalue weighted by Crippen LogP contribution is 2.15. The minimum Gasteiger partial charge on any atom is -0.396 e. The molecular weight excluding hydrogens is 248 g/mol. The summed E-state index contributed by atoms with van der Waals surface area (Å²) >= 11 is 5.82. The first-order valence-electron chi connectivity index (χ1n) is 5.65. The lowest BCUT2D eigenvalue weighted by molar-refractivity contribution is 1.01. The Morgan fingerprint density at radius 1 is 1.06 bits per heavy atom. The van der Waals surface area contributed by atoms with Crippen LogP contribution in [0.2, 0.25) is 5.02 Å². The third-order valence-electron chi connectivity index (χ3n) is 2.59. The number of nitrogen functional groups attached to an aromatic ring is 2. The summed E-state index contributed by atoms with van der Waals surface area (Å²) in [5.41, 5.74) is 12.9. The van der Waals surface area contributed by atoms with Gasteiger partial charge < -0.3 is 16.8 Å². The van der Waals surface area contributed by atoms with Gasteiger partial charge in [-0.25, -0.2) is 4.98 Å². The van der Waals surface area contributed by atoms with Gasteiger partial charge in [-0.05, 0) is 36.2 Å². The number of anilines is 3. The first-order chi connectivity index (χ1) is 8.65. The number of nitrogens with two attached hydrogens (primary N) is 2. The molecule has 2 aromatic rings. The van der Waals surface area contributed by atoms with E-state index < -0.39 is 0 Å². The van der Waals surface area contributed by atoms with E-state index in [2.05, 4.69) is 10.3 Å². The van der Waals surface area contributed by atoms with Gasteiger partial charge >= 0.3 is 0 Å². The lowest BCUT2D eigenvalue weighted by Crippen LogP contribution is -2.08. The molecule has 0 spiro atoms. The molecule has 0 saturated carbocycles. The highest BCUT2D eigenvalue weighted by molar-refractivity contribution is 6.30. The number of aromatic nitrogens is 1. The van der Waals surface area contributed by atoms with E-state index in [1.807, 2.05) is 30.3 Å². The standard InChI is InChI=1S/C13H15ClN4/c14-10-3-1-9(2-4-10)7-8-17-12-6-5-11(15)13(16)18-12/h1-6H,7-8,15H2,(H3,16,17,18). The maximum Gasteiger partial charge on any atom is 0.149 e. The van der Waals surface area contributed by atoms with Gasteiger partial charge in [-0.15, -0.1) is 0 Å². The number of benzene rings is 1. The predicted octanol–water partition coefficient (Wildman–Crippen LogP) is 2.55. The SMILES string of the molecule is Nc1ccc(NCCc2ccc(Cl)cc2)nc1N. The molecule has 0 radical (unpaired) electrons. The molecule has 1 heterocycles. The van der Waals surface area contributed by atoms with Crippen LogP contribution in [0, 0.1) is 0 Å². The van der Waals surface area contributed by atoms with Crippen LogP contribution >= 0.6 is 11.6 Å². The van der Waals surface area contributed by atoms with Crippen molar-refractivity contribution in [2.24, 2.45) is 0 Å². The van der Waals surface area contributed by atoms with Crippen molar-refractivity contribution in [2.75, 3.05) is 23.3 Å². The van der Waals surface area contributed by atoms with Crippen molar-refractivity contribution in [1.29, 1.82) is 0 Å². The summed E-state index contributed by atoms with van der Waals surface area (Å²) in [7, 11) is 0. The van der Waals surface area contributed by atoms with Gasteiger partial charge in [-0.3, -0.25) is 0 Å². The van der Waals surface area contributed by atoms with Crippen molar-refractivity contribution < 1.29 is 0 Å². The lowest BCUT2D eigenvalue weighted by Gasteiger charge is -2.07. The molecule has 2 rings (SSSR count). The minimum absolute atomic E-state index is 0.353. The number of rotatable bonds is 4. The van der Waals surface area contributed by atoms with Crippen LogP contribution in [0.5, 0.6) is 0 Å². The number of pyridine rings is 1. The van der Waals surface area contributed by atoms with Crippen LogP contribution in [0.4, 0.5) is 17.3 Å². The third kappa shape index (κ3) is 3.28. The highest BCUT2D eigenvalue weighted by Gasteiger charge is 1.99. The first-order valence-corrected chi connectivity index (χ1v) is 6.03. The molecule has 18 heavy (non-hydrogen) atoms. The molecule has 0 amide bonds. The lowest BCUT2D eigenvalue weighted by atomic mass is 10.1. The molecule has 1 aromatic heterocycles. The Morgan fingerprint density at radius 3 is 2.44 bits per heavy atom. The molecule has 5 heteroatoms. The fourth-order valence-electron chi connectivity index (χ4n) is 1.57. The zero-order valence-corrected chi connectivity index (χ0v) is 10.6. The van der Waals surface area contributed by atoms with E-state index in [4.69, 9.17) is 23.1 Å². The Balaban J connectivity index is 1.88. The van der Waals surface area contributed by atoms with Gasteiger partial charge in [0.1, 0.15) is 11.6 Å². The Labute approximate surface area is 111 Å². The zero-order valence-electron chi connectivity index (χ0n) is 9.86. The second kappa shape index (κ2) is 5.60.